The van der Waals surface area contributed by atoms with Crippen molar-refractivity contribution >= 4 is 18.3 Å². The molecule has 6 heteroatoms. The molecule has 4 nitrogen and oxygen atoms in total. The van der Waals surface area contributed by atoms with E-state index in [2.05, 4.69) is 58.2 Å². The van der Waals surface area contributed by atoms with E-state index in [-0.39, 0.29) is 9.93 Å². The van der Waals surface area contributed by atoms with Gasteiger partial charge in [0.05, 0.1) is 17.5 Å². The third kappa shape index (κ3) is 7.34. The number of aryl methyl sites for hydroxylation is 1. The number of nitrogens with one attached hydrogen (secondary N) is 1. The van der Waals surface area contributed by atoms with Crippen molar-refractivity contribution in [3.8, 4) is 0 Å². The normalized spacial score (nSPS) is 13.9. The van der Waals surface area contributed by atoms with Gasteiger partial charge in [-0.25, -0.2) is 13.1 Å². The predicted octanol–water partition coefficient (Wildman–Crippen LogP) is 5.42. The monoisotopic (exact) mass is 423 g/mol. The first-order valence-corrected chi connectivity index (χ1v) is 14.2. The molecule has 1 N–H and O–H groups in total. The molecule has 0 heterocycles. The van der Waals surface area contributed by atoms with Crippen LogP contribution in [0.15, 0.2) is 46.5 Å². The predicted molar refractivity (Wildman–Crippen MR) is 121 cm³/mol. The van der Waals surface area contributed by atoms with Crippen LogP contribution in [0, 0.1) is 12.8 Å². The van der Waals surface area contributed by atoms with Gasteiger partial charge in [-0.1, -0.05) is 52.3 Å². The quantitative estimate of drug-likeness (QED) is 0.448. The summed E-state index contributed by atoms with van der Waals surface area (Å²) in [6.45, 7) is 19.1. The zero-order chi connectivity index (χ0) is 21.8. The first-order chi connectivity index (χ1) is 12.7. The summed E-state index contributed by atoms with van der Waals surface area (Å²) in [6.07, 6.45) is 1.95. The molecule has 0 spiro atoms. The summed E-state index contributed by atoms with van der Waals surface area (Å²) in [6, 6.07) is 6.41. The first-order valence-electron chi connectivity index (χ1n) is 9.82. The Morgan fingerprint density at radius 3 is 2.21 bits per heavy atom. The summed E-state index contributed by atoms with van der Waals surface area (Å²) in [5.41, 5.74) is 5.08. The van der Waals surface area contributed by atoms with E-state index < -0.39 is 24.4 Å². The standard InChI is InChI=1S/C22H37NO3SSi/c1-17(2)10-13-19(4)21(16-26-28(8,9)22(5,6)7)23-27(24,25)20-14-11-18(3)12-15-20/h10-12,14-15,17,21,23H,16H2,1-9H3/t13?,21-/m1/s1. The van der Waals surface area contributed by atoms with E-state index in [0.29, 0.717) is 12.5 Å². The van der Waals surface area contributed by atoms with Crippen LogP contribution in [0.5, 0.6) is 0 Å². The van der Waals surface area contributed by atoms with Crippen LogP contribution in [-0.2, 0) is 14.4 Å². The molecule has 0 saturated carbocycles. The van der Waals surface area contributed by atoms with Gasteiger partial charge >= 0.3 is 0 Å². The second kappa shape index (κ2) is 9.55. The van der Waals surface area contributed by atoms with E-state index in [9.17, 15) is 8.42 Å². The maximum atomic E-state index is 12.9. The summed E-state index contributed by atoms with van der Waals surface area (Å²) >= 11 is 0. The van der Waals surface area contributed by atoms with Crippen molar-refractivity contribution in [3.05, 3.63) is 47.2 Å². The molecule has 0 unspecified atom stereocenters. The SMILES string of the molecule is CC(=C=CC(C)C)[C@@H](CO[Si](C)(C)C(C)(C)C)NS(=O)(=O)c1ccc(C)cc1. The van der Waals surface area contributed by atoms with Crippen LogP contribution < -0.4 is 4.72 Å². The van der Waals surface area contributed by atoms with Crippen LogP contribution in [0.2, 0.25) is 18.1 Å². The van der Waals surface area contributed by atoms with E-state index in [1.807, 2.05) is 19.9 Å². The van der Waals surface area contributed by atoms with Crippen LogP contribution in [0.4, 0.5) is 0 Å². The van der Waals surface area contributed by atoms with Crippen LogP contribution in [0.1, 0.15) is 47.1 Å². The van der Waals surface area contributed by atoms with E-state index >= 15 is 0 Å². The van der Waals surface area contributed by atoms with Crippen molar-refractivity contribution in [1.82, 2.24) is 4.72 Å². The van der Waals surface area contributed by atoms with E-state index in [0.717, 1.165) is 11.1 Å². The van der Waals surface area contributed by atoms with E-state index in [4.69, 9.17) is 4.43 Å². The summed E-state index contributed by atoms with van der Waals surface area (Å²) in [5.74, 6) is 0.339. The molecule has 0 fully saturated rings. The Morgan fingerprint density at radius 1 is 1.21 bits per heavy atom. The molecule has 0 radical (unpaired) electrons. The third-order valence-corrected chi connectivity index (χ3v) is 11.2. The minimum Gasteiger partial charge on any atom is -0.415 e. The minimum absolute atomic E-state index is 0.0543. The summed E-state index contributed by atoms with van der Waals surface area (Å²) in [7, 11) is -5.66. The smallest absolute Gasteiger partial charge is 0.241 e. The molecule has 158 valence electrons. The molecular formula is C22H37NO3SSi. The Labute approximate surface area is 173 Å². The van der Waals surface area contributed by atoms with Gasteiger partial charge in [-0.15, -0.1) is 5.73 Å². The fourth-order valence-electron chi connectivity index (χ4n) is 2.13. The molecular weight excluding hydrogens is 386 g/mol. The van der Waals surface area contributed by atoms with Crippen molar-refractivity contribution in [2.24, 2.45) is 5.92 Å². The van der Waals surface area contributed by atoms with Gasteiger partial charge in [0, 0.05) is 0 Å². The molecule has 0 aromatic heterocycles. The number of hydrogen-bond donors (Lipinski definition) is 1. The number of sulfonamides is 1. The largest absolute Gasteiger partial charge is 0.415 e. The summed E-state index contributed by atoms with van der Waals surface area (Å²) in [4.78, 5) is 0.260. The molecule has 1 atom stereocenters. The van der Waals surface area contributed by atoms with Crippen molar-refractivity contribution in [1.29, 1.82) is 0 Å². The van der Waals surface area contributed by atoms with Gasteiger partial charge in [-0.2, -0.15) is 0 Å². The van der Waals surface area contributed by atoms with Gasteiger partial charge < -0.3 is 4.43 Å². The second-order valence-electron chi connectivity index (χ2n) is 9.30. The van der Waals surface area contributed by atoms with Gasteiger partial charge in [-0.3, -0.25) is 0 Å². The van der Waals surface area contributed by atoms with Crippen molar-refractivity contribution in [3.63, 3.8) is 0 Å². The zero-order valence-electron chi connectivity index (χ0n) is 18.9. The fraction of sp³-hybridized carbons (Fsp3) is 0.591. The molecule has 0 aliphatic rings. The molecule has 1 aromatic rings. The van der Waals surface area contributed by atoms with Gasteiger partial charge in [0.1, 0.15) is 0 Å². The maximum absolute atomic E-state index is 12.9. The van der Waals surface area contributed by atoms with Crippen LogP contribution in [0.25, 0.3) is 0 Å². The molecule has 0 aliphatic carbocycles. The van der Waals surface area contributed by atoms with Crippen molar-refractivity contribution in [2.75, 3.05) is 6.61 Å². The molecule has 0 aliphatic heterocycles. The molecule has 28 heavy (non-hydrogen) atoms. The lowest BCUT2D eigenvalue weighted by Gasteiger charge is -2.37. The van der Waals surface area contributed by atoms with Gasteiger partial charge in [0.15, 0.2) is 8.32 Å². The first kappa shape index (κ1) is 24.9. The van der Waals surface area contributed by atoms with E-state index in [1.54, 1.807) is 24.3 Å². The van der Waals surface area contributed by atoms with Crippen LogP contribution in [-0.4, -0.2) is 29.4 Å². The zero-order valence-corrected chi connectivity index (χ0v) is 20.7. The van der Waals surface area contributed by atoms with Gasteiger partial charge in [0.2, 0.25) is 10.0 Å². The van der Waals surface area contributed by atoms with Crippen molar-refractivity contribution in [2.45, 2.75) is 77.5 Å². The Morgan fingerprint density at radius 2 is 1.75 bits per heavy atom. The van der Waals surface area contributed by atoms with Gasteiger partial charge in [0.25, 0.3) is 0 Å². The Hall–Kier alpha value is -1.17. The second-order valence-corrected chi connectivity index (χ2v) is 15.8. The van der Waals surface area contributed by atoms with Gasteiger partial charge in [-0.05, 0) is 61.7 Å². The molecule has 1 rings (SSSR count). The highest BCUT2D eigenvalue weighted by atomic mass is 32.2. The highest BCUT2D eigenvalue weighted by molar-refractivity contribution is 7.89. The average Bonchev–Trinajstić information content (AvgIpc) is 2.55. The Bertz CT molecular complexity index is 812. The van der Waals surface area contributed by atoms with Crippen LogP contribution in [0.3, 0.4) is 0 Å². The average molecular weight is 424 g/mol. The summed E-state index contributed by atoms with van der Waals surface area (Å²) < 4.78 is 35.0. The molecule has 0 amide bonds. The number of benzene rings is 1. The topological polar surface area (TPSA) is 55.4 Å². The van der Waals surface area contributed by atoms with E-state index in [1.165, 1.54) is 0 Å². The number of hydrogen-bond acceptors (Lipinski definition) is 3. The maximum Gasteiger partial charge on any atom is 0.241 e. The molecule has 0 bridgehead atoms. The molecule has 1 aromatic carbocycles. The Kier molecular flexibility index (Phi) is 8.48. The molecule has 0 saturated heterocycles. The highest BCUT2D eigenvalue weighted by Crippen LogP contribution is 2.36. The lowest BCUT2D eigenvalue weighted by Crippen LogP contribution is -2.46. The third-order valence-electron chi connectivity index (χ3n) is 5.21. The van der Waals surface area contributed by atoms with Crippen LogP contribution >= 0.6 is 0 Å². The number of rotatable bonds is 8. The highest BCUT2D eigenvalue weighted by Gasteiger charge is 2.38. The Balaban J connectivity index is 3.17. The fourth-order valence-corrected chi connectivity index (χ4v) is 4.39. The lowest BCUT2D eigenvalue weighted by molar-refractivity contribution is 0.268. The summed E-state index contributed by atoms with van der Waals surface area (Å²) in [5, 5.41) is 0.0543. The minimum atomic E-state index is -3.65. The van der Waals surface area contributed by atoms with Crippen molar-refractivity contribution < 1.29 is 12.8 Å². The lowest BCUT2D eigenvalue weighted by atomic mass is 10.1.